The molecule has 1 saturated heterocycles. The first-order valence-electron chi connectivity index (χ1n) is 8.47. The highest BCUT2D eigenvalue weighted by Crippen LogP contribution is 2.33. The second-order valence-electron chi connectivity index (χ2n) is 8.44. The molecule has 1 N–H and O–H groups in total. The van der Waals surface area contributed by atoms with Gasteiger partial charge < -0.3 is 15.0 Å². The van der Waals surface area contributed by atoms with Crippen LogP contribution in [-0.2, 0) is 4.74 Å². The van der Waals surface area contributed by atoms with Gasteiger partial charge in [0.2, 0.25) is 0 Å². The SMILES string of the molecule is CC1(C)CSCC(NCCN(C(=O)OC(C)(C)C)C2CC2)C1. The van der Waals surface area contributed by atoms with Gasteiger partial charge in [-0.05, 0) is 51.2 Å². The van der Waals surface area contributed by atoms with E-state index in [0.29, 0.717) is 17.5 Å². The second kappa shape index (κ2) is 7.00. The van der Waals surface area contributed by atoms with Gasteiger partial charge in [-0.1, -0.05) is 13.8 Å². The summed E-state index contributed by atoms with van der Waals surface area (Å²) in [7, 11) is 0. The third-order valence-electron chi connectivity index (χ3n) is 4.01. The molecule has 1 amide bonds. The van der Waals surface area contributed by atoms with Crippen LogP contribution in [0.2, 0.25) is 0 Å². The van der Waals surface area contributed by atoms with Gasteiger partial charge in [0.1, 0.15) is 5.60 Å². The Hall–Kier alpha value is -0.420. The molecule has 1 aliphatic carbocycles. The maximum absolute atomic E-state index is 12.3. The molecule has 5 heteroatoms. The summed E-state index contributed by atoms with van der Waals surface area (Å²) < 4.78 is 5.53. The van der Waals surface area contributed by atoms with Crippen molar-refractivity contribution in [3.63, 3.8) is 0 Å². The number of carbonyl (C=O) groups excluding carboxylic acids is 1. The van der Waals surface area contributed by atoms with E-state index < -0.39 is 5.60 Å². The Morgan fingerprint density at radius 2 is 2.05 bits per heavy atom. The topological polar surface area (TPSA) is 41.6 Å². The highest BCUT2D eigenvalue weighted by atomic mass is 32.2. The zero-order valence-electron chi connectivity index (χ0n) is 14.8. The van der Waals surface area contributed by atoms with Gasteiger partial charge in [-0.3, -0.25) is 0 Å². The van der Waals surface area contributed by atoms with E-state index in [0.717, 1.165) is 25.9 Å². The van der Waals surface area contributed by atoms with E-state index in [1.807, 2.05) is 37.4 Å². The van der Waals surface area contributed by atoms with Crippen molar-refractivity contribution in [2.45, 2.75) is 71.6 Å². The van der Waals surface area contributed by atoms with Gasteiger partial charge in [0.25, 0.3) is 0 Å². The number of hydrogen-bond acceptors (Lipinski definition) is 4. The number of ether oxygens (including phenoxy) is 1. The number of rotatable bonds is 5. The van der Waals surface area contributed by atoms with Crippen LogP contribution < -0.4 is 5.32 Å². The highest BCUT2D eigenvalue weighted by molar-refractivity contribution is 7.99. The summed E-state index contributed by atoms with van der Waals surface area (Å²) in [6.07, 6.45) is 3.29. The number of amides is 1. The van der Waals surface area contributed by atoms with Crippen LogP contribution in [0.5, 0.6) is 0 Å². The van der Waals surface area contributed by atoms with Crippen molar-refractivity contribution >= 4 is 17.9 Å². The fourth-order valence-corrected chi connectivity index (χ4v) is 4.22. The molecular weight excluding hydrogens is 296 g/mol. The molecule has 0 radical (unpaired) electrons. The molecule has 0 aromatic rings. The van der Waals surface area contributed by atoms with Gasteiger partial charge in [-0.2, -0.15) is 11.8 Å². The molecule has 1 unspecified atom stereocenters. The van der Waals surface area contributed by atoms with Crippen LogP contribution in [0, 0.1) is 5.41 Å². The van der Waals surface area contributed by atoms with E-state index in [1.54, 1.807) is 0 Å². The summed E-state index contributed by atoms with van der Waals surface area (Å²) in [5, 5.41) is 3.64. The molecule has 0 aromatic heterocycles. The van der Waals surface area contributed by atoms with E-state index in [1.165, 1.54) is 17.9 Å². The Labute approximate surface area is 139 Å². The van der Waals surface area contributed by atoms with E-state index in [-0.39, 0.29) is 6.09 Å². The summed E-state index contributed by atoms with van der Waals surface area (Å²) in [5.74, 6) is 2.43. The van der Waals surface area contributed by atoms with Crippen LogP contribution in [0.4, 0.5) is 4.79 Å². The number of hydrogen-bond donors (Lipinski definition) is 1. The van der Waals surface area contributed by atoms with Crippen molar-refractivity contribution < 1.29 is 9.53 Å². The number of thioether (sulfide) groups is 1. The van der Waals surface area contributed by atoms with Crippen molar-refractivity contribution in [1.82, 2.24) is 10.2 Å². The van der Waals surface area contributed by atoms with E-state index in [9.17, 15) is 4.79 Å². The Balaban J connectivity index is 1.76. The Morgan fingerprint density at radius 1 is 1.36 bits per heavy atom. The standard InChI is InChI=1S/C17H32N2O2S/c1-16(2,3)21-15(20)19(14-6-7-14)9-8-18-13-10-17(4,5)12-22-11-13/h13-14,18H,6-12H2,1-5H3. The molecule has 0 spiro atoms. The fraction of sp³-hybridized carbons (Fsp3) is 0.941. The summed E-state index contributed by atoms with van der Waals surface area (Å²) >= 11 is 2.03. The minimum atomic E-state index is -0.415. The van der Waals surface area contributed by atoms with Crippen molar-refractivity contribution in [2.75, 3.05) is 24.6 Å². The first-order valence-corrected chi connectivity index (χ1v) is 9.62. The molecule has 1 heterocycles. The van der Waals surface area contributed by atoms with Crippen LogP contribution in [0.1, 0.15) is 53.9 Å². The minimum absolute atomic E-state index is 0.157. The zero-order chi connectivity index (χ0) is 16.4. The van der Waals surface area contributed by atoms with Gasteiger partial charge in [0, 0.05) is 30.9 Å². The lowest BCUT2D eigenvalue weighted by atomic mass is 9.88. The first-order chi connectivity index (χ1) is 10.2. The quantitative estimate of drug-likeness (QED) is 0.838. The zero-order valence-corrected chi connectivity index (χ0v) is 15.6. The Kier molecular flexibility index (Phi) is 5.70. The van der Waals surface area contributed by atoms with Crippen molar-refractivity contribution in [3.05, 3.63) is 0 Å². The normalized spacial score (nSPS) is 24.9. The Morgan fingerprint density at radius 3 is 2.59 bits per heavy atom. The molecule has 4 nitrogen and oxygen atoms in total. The molecule has 1 saturated carbocycles. The lowest BCUT2D eigenvalue weighted by molar-refractivity contribution is 0.0234. The molecule has 2 aliphatic rings. The summed E-state index contributed by atoms with van der Waals surface area (Å²) in [4.78, 5) is 14.2. The monoisotopic (exact) mass is 328 g/mol. The summed E-state index contributed by atoms with van der Waals surface area (Å²) in [6.45, 7) is 12.1. The van der Waals surface area contributed by atoms with E-state index in [2.05, 4.69) is 19.2 Å². The predicted octanol–water partition coefficient (Wildman–Crippen LogP) is 3.51. The van der Waals surface area contributed by atoms with Gasteiger partial charge in [0.05, 0.1) is 0 Å². The average Bonchev–Trinajstić information content (AvgIpc) is 3.15. The first kappa shape index (κ1) is 17.9. The fourth-order valence-electron chi connectivity index (χ4n) is 2.91. The van der Waals surface area contributed by atoms with E-state index >= 15 is 0 Å². The molecule has 22 heavy (non-hydrogen) atoms. The van der Waals surface area contributed by atoms with Crippen molar-refractivity contribution in [3.8, 4) is 0 Å². The molecule has 1 atom stereocenters. The molecule has 2 rings (SSSR count). The number of nitrogens with one attached hydrogen (secondary N) is 1. The molecule has 0 aromatic carbocycles. The average molecular weight is 329 g/mol. The van der Waals surface area contributed by atoms with Crippen LogP contribution in [0.15, 0.2) is 0 Å². The second-order valence-corrected chi connectivity index (χ2v) is 9.47. The largest absolute Gasteiger partial charge is 0.444 e. The number of nitrogens with zero attached hydrogens (tertiary/aromatic N) is 1. The van der Waals surface area contributed by atoms with Crippen LogP contribution in [0.3, 0.4) is 0 Å². The molecule has 128 valence electrons. The van der Waals surface area contributed by atoms with Crippen molar-refractivity contribution in [2.24, 2.45) is 5.41 Å². The maximum Gasteiger partial charge on any atom is 0.410 e. The third-order valence-corrected chi connectivity index (χ3v) is 5.64. The third kappa shape index (κ3) is 5.99. The molecule has 2 fully saturated rings. The smallest absolute Gasteiger partial charge is 0.410 e. The van der Waals surface area contributed by atoms with Crippen LogP contribution in [0.25, 0.3) is 0 Å². The molecule has 0 bridgehead atoms. The van der Waals surface area contributed by atoms with E-state index in [4.69, 9.17) is 4.74 Å². The lowest BCUT2D eigenvalue weighted by Crippen LogP contribution is -2.46. The molecular formula is C17H32N2O2S. The van der Waals surface area contributed by atoms with Gasteiger partial charge in [-0.25, -0.2) is 4.79 Å². The number of carbonyl (C=O) groups is 1. The van der Waals surface area contributed by atoms with Crippen LogP contribution in [-0.4, -0.2) is 53.3 Å². The summed E-state index contributed by atoms with van der Waals surface area (Å²) in [5.41, 5.74) is 0.00359. The van der Waals surface area contributed by atoms with Gasteiger partial charge >= 0.3 is 6.09 Å². The lowest BCUT2D eigenvalue weighted by Gasteiger charge is -2.35. The summed E-state index contributed by atoms with van der Waals surface area (Å²) in [6, 6.07) is 0.960. The van der Waals surface area contributed by atoms with Gasteiger partial charge in [-0.15, -0.1) is 0 Å². The maximum atomic E-state index is 12.3. The molecule has 1 aliphatic heterocycles. The van der Waals surface area contributed by atoms with Crippen molar-refractivity contribution in [1.29, 1.82) is 0 Å². The van der Waals surface area contributed by atoms with Crippen LogP contribution >= 0.6 is 11.8 Å². The highest BCUT2D eigenvalue weighted by Gasteiger charge is 2.35. The minimum Gasteiger partial charge on any atom is -0.444 e. The Bertz CT molecular complexity index is 389. The predicted molar refractivity (Wildman–Crippen MR) is 93.5 cm³/mol. The van der Waals surface area contributed by atoms with Gasteiger partial charge in [0.15, 0.2) is 0 Å².